The monoisotopic (exact) mass is 286 g/mol. The maximum Gasteiger partial charge on any atom is 0.123 e. The summed E-state index contributed by atoms with van der Waals surface area (Å²) in [5.41, 5.74) is 2.64. The van der Waals surface area contributed by atoms with Crippen molar-refractivity contribution in [3.63, 3.8) is 0 Å². The smallest absolute Gasteiger partial charge is 0.123 e. The molecule has 0 spiro atoms. The van der Waals surface area contributed by atoms with Gasteiger partial charge in [0.05, 0.1) is 6.54 Å². The fourth-order valence-corrected chi connectivity index (χ4v) is 2.13. The molecule has 0 saturated heterocycles. The summed E-state index contributed by atoms with van der Waals surface area (Å²) in [6, 6.07) is 12.7. The quantitative estimate of drug-likeness (QED) is 0.896. The Balaban J connectivity index is 1.94. The molecular weight excluding hydrogens is 260 g/mol. The molecule has 3 heteroatoms. The first-order chi connectivity index (χ1) is 9.83. The fourth-order valence-electron chi connectivity index (χ4n) is 2.13. The van der Waals surface area contributed by atoms with Gasteiger partial charge in [-0.05, 0) is 57.5 Å². The van der Waals surface area contributed by atoms with E-state index in [9.17, 15) is 0 Å². The van der Waals surface area contributed by atoms with E-state index in [2.05, 4.69) is 62.3 Å². The number of nitrogens with one attached hydrogen (secondary N) is 1. The number of furan rings is 1. The van der Waals surface area contributed by atoms with E-state index in [4.69, 9.17) is 4.42 Å². The first-order valence-electron chi connectivity index (χ1n) is 7.44. The molecule has 1 N–H and O–H groups in total. The van der Waals surface area contributed by atoms with Crippen molar-refractivity contribution in [3.05, 3.63) is 53.5 Å². The summed E-state index contributed by atoms with van der Waals surface area (Å²) in [6.45, 7) is 10.2. The van der Waals surface area contributed by atoms with Crippen LogP contribution in [0.2, 0.25) is 0 Å². The first-order valence-corrected chi connectivity index (χ1v) is 7.44. The SMILES string of the molecule is Cc1ccc(CN(C)c2ccc(CNC(C)(C)C)cc2)o1. The van der Waals surface area contributed by atoms with Crippen molar-refractivity contribution >= 4 is 5.69 Å². The van der Waals surface area contributed by atoms with E-state index in [0.717, 1.165) is 24.6 Å². The highest BCUT2D eigenvalue weighted by molar-refractivity contribution is 5.47. The van der Waals surface area contributed by atoms with Crippen LogP contribution in [0.1, 0.15) is 37.9 Å². The largest absolute Gasteiger partial charge is 0.464 e. The van der Waals surface area contributed by atoms with Crippen LogP contribution in [0.5, 0.6) is 0 Å². The molecule has 2 rings (SSSR count). The Bertz CT molecular complexity index is 564. The molecule has 114 valence electrons. The van der Waals surface area contributed by atoms with Gasteiger partial charge in [0.2, 0.25) is 0 Å². The third-order valence-corrected chi connectivity index (χ3v) is 3.39. The zero-order chi connectivity index (χ0) is 15.5. The van der Waals surface area contributed by atoms with Gasteiger partial charge in [-0.15, -0.1) is 0 Å². The zero-order valence-electron chi connectivity index (χ0n) is 13.7. The van der Waals surface area contributed by atoms with Gasteiger partial charge in [0.25, 0.3) is 0 Å². The summed E-state index contributed by atoms with van der Waals surface area (Å²) in [4.78, 5) is 2.19. The summed E-state index contributed by atoms with van der Waals surface area (Å²) in [6.07, 6.45) is 0. The van der Waals surface area contributed by atoms with Gasteiger partial charge in [0.15, 0.2) is 0 Å². The summed E-state index contributed by atoms with van der Waals surface area (Å²) in [5.74, 6) is 1.95. The summed E-state index contributed by atoms with van der Waals surface area (Å²) < 4.78 is 5.62. The molecule has 0 aliphatic carbocycles. The molecule has 0 atom stereocenters. The third-order valence-electron chi connectivity index (χ3n) is 3.39. The summed E-state index contributed by atoms with van der Waals surface area (Å²) >= 11 is 0. The molecule has 2 aromatic rings. The van der Waals surface area contributed by atoms with Crippen LogP contribution in [0.25, 0.3) is 0 Å². The second kappa shape index (κ2) is 6.35. The highest BCUT2D eigenvalue weighted by Gasteiger charge is 2.09. The minimum Gasteiger partial charge on any atom is -0.464 e. The van der Waals surface area contributed by atoms with Crippen LogP contribution in [-0.2, 0) is 13.1 Å². The lowest BCUT2D eigenvalue weighted by Crippen LogP contribution is -2.35. The molecule has 0 fully saturated rings. The lowest BCUT2D eigenvalue weighted by molar-refractivity contribution is 0.424. The van der Waals surface area contributed by atoms with Crippen LogP contribution in [0.15, 0.2) is 40.8 Å². The summed E-state index contributed by atoms with van der Waals surface area (Å²) in [7, 11) is 2.08. The minimum absolute atomic E-state index is 0.145. The molecule has 3 nitrogen and oxygen atoms in total. The van der Waals surface area contributed by atoms with Crippen molar-refractivity contribution in [2.24, 2.45) is 0 Å². The van der Waals surface area contributed by atoms with Crippen LogP contribution in [0.4, 0.5) is 5.69 Å². The number of hydrogen-bond acceptors (Lipinski definition) is 3. The summed E-state index contributed by atoms with van der Waals surface area (Å²) in [5, 5.41) is 3.50. The molecule has 1 aromatic carbocycles. The number of nitrogens with zero attached hydrogens (tertiary/aromatic N) is 1. The molecule has 21 heavy (non-hydrogen) atoms. The molecule has 0 radical (unpaired) electrons. The number of aryl methyl sites for hydroxylation is 1. The van der Waals surface area contributed by atoms with Gasteiger partial charge in [0, 0.05) is 24.8 Å². The highest BCUT2D eigenvalue weighted by atomic mass is 16.3. The van der Waals surface area contributed by atoms with Crippen molar-refractivity contribution in [1.82, 2.24) is 5.32 Å². The van der Waals surface area contributed by atoms with E-state index in [1.807, 2.05) is 19.1 Å². The first kappa shape index (κ1) is 15.6. The van der Waals surface area contributed by atoms with E-state index in [-0.39, 0.29) is 5.54 Å². The number of benzene rings is 1. The fraction of sp³-hybridized carbons (Fsp3) is 0.444. The van der Waals surface area contributed by atoms with Crippen LogP contribution in [-0.4, -0.2) is 12.6 Å². The number of rotatable bonds is 5. The minimum atomic E-state index is 0.145. The molecule has 1 aromatic heterocycles. The average Bonchev–Trinajstić information content (AvgIpc) is 2.81. The second-order valence-electron chi connectivity index (χ2n) is 6.64. The Kier molecular flexibility index (Phi) is 4.73. The van der Waals surface area contributed by atoms with Crippen molar-refractivity contribution < 1.29 is 4.42 Å². The van der Waals surface area contributed by atoms with Gasteiger partial charge in [-0.3, -0.25) is 0 Å². The Labute approximate surface area is 128 Å². The molecule has 0 unspecified atom stereocenters. The molecule has 0 bridgehead atoms. The molecule has 0 saturated carbocycles. The van der Waals surface area contributed by atoms with Crippen LogP contribution in [0, 0.1) is 6.92 Å². The Morgan fingerprint density at radius 2 is 1.71 bits per heavy atom. The maximum absolute atomic E-state index is 5.62. The second-order valence-corrected chi connectivity index (χ2v) is 6.64. The van der Waals surface area contributed by atoms with Crippen LogP contribution in [0.3, 0.4) is 0 Å². The Hall–Kier alpha value is -1.74. The van der Waals surface area contributed by atoms with E-state index < -0.39 is 0 Å². The topological polar surface area (TPSA) is 28.4 Å². The highest BCUT2D eigenvalue weighted by Crippen LogP contribution is 2.18. The van der Waals surface area contributed by atoms with Gasteiger partial charge in [0.1, 0.15) is 11.5 Å². The predicted octanol–water partition coefficient (Wildman–Crippen LogP) is 4.11. The Morgan fingerprint density at radius 1 is 1.05 bits per heavy atom. The van der Waals surface area contributed by atoms with Gasteiger partial charge >= 0.3 is 0 Å². The van der Waals surface area contributed by atoms with Gasteiger partial charge in [-0.2, -0.15) is 0 Å². The predicted molar refractivity (Wildman–Crippen MR) is 88.6 cm³/mol. The third kappa shape index (κ3) is 4.94. The van der Waals surface area contributed by atoms with Crippen molar-refractivity contribution in [2.75, 3.05) is 11.9 Å². The van der Waals surface area contributed by atoms with Crippen LogP contribution >= 0.6 is 0 Å². The van der Waals surface area contributed by atoms with Crippen molar-refractivity contribution in [2.45, 2.75) is 46.3 Å². The zero-order valence-corrected chi connectivity index (χ0v) is 13.7. The van der Waals surface area contributed by atoms with Gasteiger partial charge in [-0.1, -0.05) is 12.1 Å². The maximum atomic E-state index is 5.62. The molecule has 0 aliphatic heterocycles. The van der Waals surface area contributed by atoms with E-state index >= 15 is 0 Å². The molecule has 1 heterocycles. The van der Waals surface area contributed by atoms with Crippen LogP contribution < -0.4 is 10.2 Å². The lowest BCUT2D eigenvalue weighted by atomic mass is 10.1. The van der Waals surface area contributed by atoms with Crippen molar-refractivity contribution in [1.29, 1.82) is 0 Å². The standard InChI is InChI=1S/C18H26N2O/c1-14-6-11-17(21-14)13-20(5)16-9-7-15(8-10-16)12-19-18(2,3)4/h6-11,19H,12-13H2,1-5H3. The van der Waals surface area contributed by atoms with Crippen molar-refractivity contribution in [3.8, 4) is 0 Å². The van der Waals surface area contributed by atoms with E-state index in [1.165, 1.54) is 11.3 Å². The number of hydrogen-bond donors (Lipinski definition) is 1. The molecular formula is C18H26N2O. The molecule has 0 amide bonds. The van der Waals surface area contributed by atoms with Gasteiger partial charge < -0.3 is 14.6 Å². The van der Waals surface area contributed by atoms with E-state index in [0.29, 0.717) is 0 Å². The lowest BCUT2D eigenvalue weighted by Gasteiger charge is -2.21. The Morgan fingerprint density at radius 3 is 2.24 bits per heavy atom. The normalized spacial score (nSPS) is 11.7. The number of anilines is 1. The average molecular weight is 286 g/mol. The van der Waals surface area contributed by atoms with Gasteiger partial charge in [-0.25, -0.2) is 0 Å². The van der Waals surface area contributed by atoms with E-state index in [1.54, 1.807) is 0 Å². The molecule has 0 aliphatic rings.